The molecule has 0 radical (unpaired) electrons. The van der Waals surface area contributed by atoms with Crippen molar-refractivity contribution in [2.24, 2.45) is 0 Å². The summed E-state index contributed by atoms with van der Waals surface area (Å²) in [6.07, 6.45) is 0. The van der Waals surface area contributed by atoms with Crippen molar-refractivity contribution < 1.29 is 19.4 Å². The van der Waals surface area contributed by atoms with Crippen molar-refractivity contribution >= 4 is 57.2 Å². The molecule has 0 heterocycles. The summed E-state index contributed by atoms with van der Waals surface area (Å²) in [6.45, 7) is 0.311. The lowest BCUT2D eigenvalue weighted by Crippen LogP contribution is -1.98. The first kappa shape index (κ1) is 17.0. The minimum Gasteiger partial charge on any atom is -0.478 e. The van der Waals surface area contributed by atoms with E-state index in [1.807, 2.05) is 0 Å². The van der Waals surface area contributed by atoms with E-state index in [1.165, 1.54) is 33.7 Å². The minimum atomic E-state index is -1.06. The number of hydrogen-bond acceptors (Lipinski definition) is 5. The van der Waals surface area contributed by atoms with Gasteiger partial charge in [0.1, 0.15) is 5.75 Å². The molecule has 0 aliphatic rings. The highest BCUT2D eigenvalue weighted by molar-refractivity contribution is 8.76. The average molecular weight is 375 g/mol. The summed E-state index contributed by atoms with van der Waals surface area (Å²) in [7, 11) is 2.48. The zero-order chi connectivity index (χ0) is 16.1. The van der Waals surface area contributed by atoms with E-state index in [1.54, 1.807) is 24.3 Å². The fourth-order valence-corrected chi connectivity index (χ4v) is 4.10. The van der Waals surface area contributed by atoms with Crippen molar-refractivity contribution in [3.8, 4) is 5.75 Å². The van der Waals surface area contributed by atoms with Crippen LogP contribution in [-0.2, 0) is 4.79 Å². The number of ether oxygens (including phenoxy) is 1. The van der Waals surface area contributed by atoms with Gasteiger partial charge in [0.25, 0.3) is 6.47 Å². The Kier molecular flexibility index (Phi) is 6.02. The number of carbonyl (C=O) groups excluding carboxylic acids is 1. The van der Waals surface area contributed by atoms with Gasteiger partial charge >= 0.3 is 5.97 Å². The Bertz CT molecular complexity index is 722. The second-order valence-corrected chi connectivity index (χ2v) is 7.00. The first-order chi connectivity index (χ1) is 10.5. The normalized spacial score (nSPS) is 10.3. The lowest BCUT2D eigenvalue weighted by Gasteiger charge is -2.08. The van der Waals surface area contributed by atoms with Gasteiger partial charge in [-0.1, -0.05) is 34.0 Å². The number of rotatable bonds is 6. The number of carboxylic acids is 1. The molecule has 2 aromatic carbocycles. The van der Waals surface area contributed by atoms with Gasteiger partial charge in [0.2, 0.25) is 0 Å². The Morgan fingerprint density at radius 1 is 1.05 bits per heavy atom. The third-order valence-corrected chi connectivity index (χ3v) is 5.41. The van der Waals surface area contributed by atoms with Crippen molar-refractivity contribution in [3.05, 3.63) is 52.0 Å². The smallest absolute Gasteiger partial charge is 0.336 e. The lowest BCUT2D eigenvalue weighted by atomic mass is 10.2. The molecular formula is C14H8Cl2O4S2. The predicted octanol–water partition coefficient (Wildman–Crippen LogP) is 5.03. The molecule has 0 atom stereocenters. The molecule has 0 aromatic heterocycles. The highest BCUT2D eigenvalue weighted by atomic mass is 35.5. The molecule has 0 fully saturated rings. The van der Waals surface area contributed by atoms with Crippen LogP contribution in [0.25, 0.3) is 0 Å². The molecule has 0 spiro atoms. The number of benzene rings is 2. The summed E-state index contributed by atoms with van der Waals surface area (Å²) in [6, 6.07) is 9.48. The minimum absolute atomic E-state index is 0.108. The Morgan fingerprint density at radius 3 is 2.27 bits per heavy atom. The third-order valence-electron chi connectivity index (χ3n) is 2.47. The van der Waals surface area contributed by atoms with Crippen LogP contribution in [0.15, 0.2) is 46.2 Å². The highest BCUT2D eigenvalue weighted by Gasteiger charge is 2.13. The summed E-state index contributed by atoms with van der Waals surface area (Å²) >= 11 is 11.7. The van der Waals surface area contributed by atoms with Crippen molar-refractivity contribution in [1.29, 1.82) is 0 Å². The quantitative estimate of drug-likeness (QED) is 0.565. The number of halogens is 2. The summed E-state index contributed by atoms with van der Waals surface area (Å²) in [4.78, 5) is 22.9. The predicted molar refractivity (Wildman–Crippen MR) is 88.3 cm³/mol. The van der Waals surface area contributed by atoms with Crippen LogP contribution in [0.1, 0.15) is 10.4 Å². The SMILES string of the molecule is O=COc1cc(Cl)ccc1SSc1ccc(Cl)cc1C(=O)O. The van der Waals surface area contributed by atoms with Crippen LogP contribution < -0.4 is 4.74 Å². The van der Waals surface area contributed by atoms with Gasteiger partial charge in [0, 0.05) is 21.0 Å². The molecule has 2 aromatic rings. The van der Waals surface area contributed by atoms with Crippen LogP contribution in [0, 0.1) is 0 Å². The van der Waals surface area contributed by atoms with Crippen molar-refractivity contribution in [2.45, 2.75) is 9.79 Å². The van der Waals surface area contributed by atoms with Crippen LogP contribution in [0.4, 0.5) is 0 Å². The molecule has 0 unspecified atom stereocenters. The highest BCUT2D eigenvalue weighted by Crippen LogP contribution is 2.44. The molecule has 0 saturated carbocycles. The summed E-state index contributed by atoms with van der Waals surface area (Å²) in [5, 5.41) is 9.98. The van der Waals surface area contributed by atoms with E-state index in [4.69, 9.17) is 27.9 Å². The Balaban J connectivity index is 2.24. The van der Waals surface area contributed by atoms with Gasteiger partial charge < -0.3 is 9.84 Å². The van der Waals surface area contributed by atoms with E-state index in [0.29, 0.717) is 32.1 Å². The second-order valence-electron chi connectivity index (χ2n) is 3.92. The largest absolute Gasteiger partial charge is 0.478 e. The zero-order valence-electron chi connectivity index (χ0n) is 10.8. The Labute approximate surface area is 144 Å². The Hall–Kier alpha value is -1.34. The molecule has 0 saturated heterocycles. The molecule has 0 amide bonds. The second kappa shape index (κ2) is 7.78. The van der Waals surface area contributed by atoms with Gasteiger partial charge in [0.15, 0.2) is 0 Å². The van der Waals surface area contributed by atoms with E-state index in [9.17, 15) is 14.7 Å². The maximum absolute atomic E-state index is 11.2. The van der Waals surface area contributed by atoms with E-state index >= 15 is 0 Å². The molecule has 1 N–H and O–H groups in total. The maximum Gasteiger partial charge on any atom is 0.336 e. The standard InChI is InChI=1S/C14H8Cl2O4S2/c15-8-1-3-12(10(5-8)14(18)19)21-22-13-4-2-9(16)6-11(13)20-7-17/h1-7H,(H,18,19). The van der Waals surface area contributed by atoms with Gasteiger partial charge in [-0.05, 0) is 41.1 Å². The fourth-order valence-electron chi connectivity index (χ4n) is 1.53. The number of carbonyl (C=O) groups is 2. The van der Waals surface area contributed by atoms with Gasteiger partial charge in [-0.15, -0.1) is 0 Å². The topological polar surface area (TPSA) is 63.6 Å². The molecule has 114 valence electrons. The van der Waals surface area contributed by atoms with Crippen molar-refractivity contribution in [3.63, 3.8) is 0 Å². The molecule has 0 bridgehead atoms. The lowest BCUT2D eigenvalue weighted by molar-refractivity contribution is -0.120. The fraction of sp³-hybridized carbons (Fsp3) is 0. The van der Waals surface area contributed by atoms with Gasteiger partial charge in [0.05, 0.1) is 10.5 Å². The van der Waals surface area contributed by atoms with Crippen LogP contribution in [0.3, 0.4) is 0 Å². The summed E-state index contributed by atoms with van der Waals surface area (Å²) < 4.78 is 4.87. The molecule has 2 rings (SSSR count). The Morgan fingerprint density at radius 2 is 1.64 bits per heavy atom. The maximum atomic E-state index is 11.2. The summed E-state index contributed by atoms with van der Waals surface area (Å²) in [5.74, 6) is -0.753. The first-order valence-corrected chi connectivity index (χ1v) is 8.69. The molecule has 22 heavy (non-hydrogen) atoms. The number of carboxylic acid groups (broad SMARTS) is 1. The van der Waals surface area contributed by atoms with Crippen molar-refractivity contribution in [1.82, 2.24) is 0 Å². The number of hydrogen-bond donors (Lipinski definition) is 1. The molecule has 0 aliphatic carbocycles. The molecule has 8 heteroatoms. The molecule has 0 aliphatic heterocycles. The van der Waals surface area contributed by atoms with Crippen LogP contribution >= 0.6 is 44.8 Å². The van der Waals surface area contributed by atoms with E-state index in [2.05, 4.69) is 0 Å². The van der Waals surface area contributed by atoms with Crippen molar-refractivity contribution in [2.75, 3.05) is 0 Å². The average Bonchev–Trinajstić information content (AvgIpc) is 2.47. The van der Waals surface area contributed by atoms with Crippen LogP contribution in [0.5, 0.6) is 5.75 Å². The van der Waals surface area contributed by atoms with Crippen LogP contribution in [0.2, 0.25) is 10.0 Å². The summed E-state index contributed by atoms with van der Waals surface area (Å²) in [5.41, 5.74) is 0.108. The van der Waals surface area contributed by atoms with Gasteiger partial charge in [-0.3, -0.25) is 4.79 Å². The van der Waals surface area contributed by atoms with E-state index < -0.39 is 5.97 Å². The van der Waals surface area contributed by atoms with Crippen LogP contribution in [-0.4, -0.2) is 17.5 Å². The van der Waals surface area contributed by atoms with E-state index in [0.717, 1.165) is 0 Å². The number of aromatic carboxylic acids is 1. The monoisotopic (exact) mass is 374 g/mol. The third kappa shape index (κ3) is 4.33. The molecular weight excluding hydrogens is 367 g/mol. The van der Waals surface area contributed by atoms with Gasteiger partial charge in [-0.2, -0.15) is 0 Å². The van der Waals surface area contributed by atoms with E-state index in [-0.39, 0.29) is 5.56 Å². The zero-order valence-corrected chi connectivity index (χ0v) is 13.9. The molecule has 4 nitrogen and oxygen atoms in total. The van der Waals surface area contributed by atoms with Gasteiger partial charge in [-0.25, -0.2) is 4.79 Å². The first-order valence-electron chi connectivity index (χ1n) is 5.78.